The maximum atomic E-state index is 12.5. The van der Waals surface area contributed by atoms with Crippen LogP contribution in [0.25, 0.3) is 5.57 Å². The number of benzene rings is 2. The SMILES string of the molecule is CC=C(C(=O)Oc1cc(Oc2ccccc2C#N)ncn1)c1ccccc1. The first kappa shape index (κ1) is 17.8. The van der Waals surface area contributed by atoms with E-state index in [4.69, 9.17) is 14.7 Å². The average molecular weight is 357 g/mol. The van der Waals surface area contributed by atoms with E-state index < -0.39 is 5.97 Å². The zero-order valence-electron chi connectivity index (χ0n) is 14.5. The molecule has 0 radical (unpaired) electrons. The molecule has 0 bridgehead atoms. The summed E-state index contributed by atoms with van der Waals surface area (Å²) in [6.07, 6.45) is 2.91. The van der Waals surface area contributed by atoms with Crippen LogP contribution in [0, 0.1) is 11.3 Å². The standard InChI is InChI=1S/C21H15N3O3/c1-2-17(15-8-4-3-5-9-15)21(25)27-20-12-19(23-14-24-20)26-18-11-7-6-10-16(18)13-22/h2-12,14H,1H3. The molecule has 1 heterocycles. The molecule has 0 fully saturated rings. The smallest absolute Gasteiger partial charge is 0.345 e. The van der Waals surface area contributed by atoms with Gasteiger partial charge in [0.1, 0.15) is 18.1 Å². The molecule has 3 rings (SSSR count). The Morgan fingerprint density at radius 3 is 2.48 bits per heavy atom. The normalized spacial score (nSPS) is 10.7. The van der Waals surface area contributed by atoms with Crippen LogP contribution in [0.2, 0.25) is 0 Å². The summed E-state index contributed by atoms with van der Waals surface area (Å²) >= 11 is 0. The summed E-state index contributed by atoms with van der Waals surface area (Å²) in [4.78, 5) is 20.4. The fourth-order valence-electron chi connectivity index (χ4n) is 2.37. The molecule has 3 aromatic rings. The third-order valence-electron chi connectivity index (χ3n) is 3.63. The Bertz CT molecular complexity index is 1020. The van der Waals surface area contributed by atoms with Crippen LogP contribution >= 0.6 is 0 Å². The van der Waals surface area contributed by atoms with Crippen molar-refractivity contribution in [2.24, 2.45) is 0 Å². The molecular formula is C21H15N3O3. The van der Waals surface area contributed by atoms with Crippen molar-refractivity contribution in [3.05, 3.63) is 84.2 Å². The topological polar surface area (TPSA) is 85.1 Å². The highest BCUT2D eigenvalue weighted by Gasteiger charge is 2.15. The highest BCUT2D eigenvalue weighted by atomic mass is 16.5. The number of nitriles is 1. The van der Waals surface area contributed by atoms with Gasteiger partial charge in [-0.2, -0.15) is 5.26 Å². The maximum Gasteiger partial charge on any atom is 0.345 e. The Morgan fingerprint density at radius 1 is 1.04 bits per heavy atom. The predicted octanol–water partition coefficient (Wildman–Crippen LogP) is 4.15. The van der Waals surface area contributed by atoms with Crippen molar-refractivity contribution in [2.45, 2.75) is 6.92 Å². The van der Waals surface area contributed by atoms with Gasteiger partial charge in [0.15, 0.2) is 0 Å². The Kier molecular flexibility index (Phi) is 5.55. The molecule has 2 aromatic carbocycles. The minimum Gasteiger partial charge on any atom is -0.437 e. The van der Waals surface area contributed by atoms with Crippen LogP contribution in [0.1, 0.15) is 18.1 Å². The van der Waals surface area contributed by atoms with E-state index in [9.17, 15) is 4.79 Å². The molecule has 0 aliphatic carbocycles. The Labute approximate surface area is 156 Å². The molecule has 6 heteroatoms. The lowest BCUT2D eigenvalue weighted by atomic mass is 10.1. The molecule has 0 saturated carbocycles. The van der Waals surface area contributed by atoms with E-state index in [1.54, 1.807) is 37.3 Å². The van der Waals surface area contributed by atoms with Crippen molar-refractivity contribution in [3.63, 3.8) is 0 Å². The first-order valence-corrected chi connectivity index (χ1v) is 8.14. The number of carbonyl (C=O) groups excluding carboxylic acids is 1. The summed E-state index contributed by atoms with van der Waals surface area (Å²) in [5.74, 6) is 0.0344. The largest absolute Gasteiger partial charge is 0.437 e. The molecule has 132 valence electrons. The second kappa shape index (κ2) is 8.41. The predicted molar refractivity (Wildman–Crippen MR) is 99.0 cm³/mol. The monoisotopic (exact) mass is 357 g/mol. The van der Waals surface area contributed by atoms with Gasteiger partial charge in [-0.3, -0.25) is 0 Å². The number of carbonyl (C=O) groups is 1. The Balaban J connectivity index is 1.78. The second-order valence-corrected chi connectivity index (χ2v) is 5.36. The van der Waals surface area contributed by atoms with Gasteiger partial charge in [0.2, 0.25) is 11.8 Å². The summed E-state index contributed by atoms with van der Waals surface area (Å²) in [5.41, 5.74) is 1.54. The van der Waals surface area contributed by atoms with Crippen molar-refractivity contribution in [2.75, 3.05) is 0 Å². The van der Waals surface area contributed by atoms with E-state index >= 15 is 0 Å². The van der Waals surface area contributed by atoms with Gasteiger partial charge >= 0.3 is 5.97 Å². The molecule has 0 unspecified atom stereocenters. The van der Waals surface area contributed by atoms with Gasteiger partial charge in [-0.05, 0) is 24.6 Å². The lowest BCUT2D eigenvalue weighted by Crippen LogP contribution is -2.11. The molecule has 0 aliphatic heterocycles. The minimum absolute atomic E-state index is 0.0507. The van der Waals surface area contributed by atoms with Gasteiger partial charge in [-0.15, -0.1) is 0 Å². The minimum atomic E-state index is -0.536. The van der Waals surface area contributed by atoms with Gasteiger partial charge in [-0.1, -0.05) is 48.5 Å². The van der Waals surface area contributed by atoms with Crippen LogP contribution in [0.5, 0.6) is 17.5 Å². The lowest BCUT2D eigenvalue weighted by Gasteiger charge is -2.09. The maximum absolute atomic E-state index is 12.5. The van der Waals surface area contributed by atoms with Gasteiger partial charge in [-0.25, -0.2) is 14.8 Å². The zero-order valence-corrected chi connectivity index (χ0v) is 14.5. The zero-order chi connectivity index (χ0) is 19.1. The van der Waals surface area contributed by atoms with Crippen LogP contribution in [0.15, 0.2) is 73.1 Å². The van der Waals surface area contributed by atoms with E-state index in [-0.39, 0.29) is 11.8 Å². The second-order valence-electron chi connectivity index (χ2n) is 5.36. The van der Waals surface area contributed by atoms with Gasteiger partial charge in [0, 0.05) is 0 Å². The quantitative estimate of drug-likeness (QED) is 0.504. The molecule has 0 atom stereocenters. The number of para-hydroxylation sites is 1. The number of rotatable bonds is 5. The summed E-state index contributed by atoms with van der Waals surface area (Å²) in [6.45, 7) is 1.76. The number of aromatic nitrogens is 2. The molecule has 0 spiro atoms. The number of ether oxygens (including phenoxy) is 2. The third-order valence-corrected chi connectivity index (χ3v) is 3.63. The van der Waals surface area contributed by atoms with Crippen LogP contribution in [-0.2, 0) is 4.79 Å². The molecule has 0 aliphatic rings. The number of hydrogen-bond donors (Lipinski definition) is 0. The van der Waals surface area contributed by atoms with Crippen LogP contribution in [0.3, 0.4) is 0 Å². The summed E-state index contributed by atoms with van der Waals surface area (Å²) in [7, 11) is 0. The number of allylic oxidation sites excluding steroid dienone is 1. The van der Waals surface area contributed by atoms with E-state index in [1.165, 1.54) is 12.4 Å². The molecule has 0 saturated heterocycles. The van der Waals surface area contributed by atoms with Crippen molar-refractivity contribution in [1.82, 2.24) is 9.97 Å². The first-order chi connectivity index (χ1) is 13.2. The number of hydrogen-bond acceptors (Lipinski definition) is 6. The van der Waals surface area contributed by atoms with Crippen molar-refractivity contribution < 1.29 is 14.3 Å². The van der Waals surface area contributed by atoms with Gasteiger partial charge in [0.05, 0.1) is 17.2 Å². The fraction of sp³-hybridized carbons (Fsp3) is 0.0476. The van der Waals surface area contributed by atoms with E-state index in [0.717, 1.165) is 5.56 Å². The van der Waals surface area contributed by atoms with E-state index in [1.807, 2.05) is 36.4 Å². The van der Waals surface area contributed by atoms with Crippen molar-refractivity contribution >= 4 is 11.5 Å². The molecule has 1 aromatic heterocycles. The molecular weight excluding hydrogens is 342 g/mol. The molecule has 0 amide bonds. The van der Waals surface area contributed by atoms with Gasteiger partial charge in [0.25, 0.3) is 0 Å². The van der Waals surface area contributed by atoms with Crippen molar-refractivity contribution in [1.29, 1.82) is 5.26 Å². The van der Waals surface area contributed by atoms with Crippen LogP contribution in [-0.4, -0.2) is 15.9 Å². The van der Waals surface area contributed by atoms with Crippen molar-refractivity contribution in [3.8, 4) is 23.6 Å². The van der Waals surface area contributed by atoms with Crippen LogP contribution in [0.4, 0.5) is 0 Å². The highest BCUT2D eigenvalue weighted by Crippen LogP contribution is 2.25. The lowest BCUT2D eigenvalue weighted by molar-refractivity contribution is -0.128. The third kappa shape index (κ3) is 4.35. The summed E-state index contributed by atoms with van der Waals surface area (Å²) in [6, 6.07) is 19.4. The molecule has 0 N–H and O–H groups in total. The van der Waals surface area contributed by atoms with Gasteiger partial charge < -0.3 is 9.47 Å². The fourth-order valence-corrected chi connectivity index (χ4v) is 2.37. The van der Waals surface area contributed by atoms with E-state index in [0.29, 0.717) is 16.9 Å². The Hall–Kier alpha value is -3.98. The summed E-state index contributed by atoms with van der Waals surface area (Å²) < 4.78 is 11.0. The first-order valence-electron chi connectivity index (χ1n) is 8.14. The number of esters is 1. The highest BCUT2D eigenvalue weighted by molar-refractivity contribution is 6.17. The average Bonchev–Trinajstić information content (AvgIpc) is 2.70. The molecule has 27 heavy (non-hydrogen) atoms. The van der Waals surface area contributed by atoms with Crippen LogP contribution < -0.4 is 9.47 Å². The number of nitrogens with zero attached hydrogens (tertiary/aromatic N) is 3. The summed E-state index contributed by atoms with van der Waals surface area (Å²) in [5, 5.41) is 9.13. The Morgan fingerprint density at radius 2 is 1.74 bits per heavy atom. The molecule has 6 nitrogen and oxygen atoms in total. The van der Waals surface area contributed by atoms with E-state index in [2.05, 4.69) is 9.97 Å².